The summed E-state index contributed by atoms with van der Waals surface area (Å²) in [6, 6.07) is 19.3. The van der Waals surface area contributed by atoms with Crippen molar-refractivity contribution in [2.45, 2.75) is 26.5 Å². The minimum absolute atomic E-state index is 0.0860. The minimum atomic E-state index is 0.0860. The molecule has 0 bridgehead atoms. The standard InChI is InChI=1S/C23H21N3O2/c1-17(2)28-21-9-7-20(8-10-21)27-12-11-26-16-19(13-18(14-24)15-25)22-5-3-4-6-23(22)26/h3-10,13,16-17H,11-12H2,1-2H3. The molecule has 0 fully saturated rings. The van der Waals surface area contributed by atoms with Crippen molar-refractivity contribution in [1.29, 1.82) is 10.5 Å². The van der Waals surface area contributed by atoms with Crippen molar-refractivity contribution in [3.05, 3.63) is 65.9 Å². The molecule has 1 heterocycles. The van der Waals surface area contributed by atoms with Crippen molar-refractivity contribution < 1.29 is 9.47 Å². The molecule has 0 N–H and O–H groups in total. The second-order valence-corrected chi connectivity index (χ2v) is 6.56. The molecule has 0 radical (unpaired) electrons. The van der Waals surface area contributed by atoms with E-state index >= 15 is 0 Å². The van der Waals surface area contributed by atoms with Crippen LogP contribution < -0.4 is 9.47 Å². The van der Waals surface area contributed by atoms with Crippen LogP contribution in [0.4, 0.5) is 0 Å². The summed E-state index contributed by atoms with van der Waals surface area (Å²) < 4.78 is 13.6. The van der Waals surface area contributed by atoms with Crippen LogP contribution in [0.15, 0.2) is 60.3 Å². The molecular formula is C23H21N3O2. The van der Waals surface area contributed by atoms with Crippen molar-refractivity contribution in [3.8, 4) is 23.6 Å². The Bertz CT molecular complexity index is 1050. The third-order valence-electron chi connectivity index (χ3n) is 4.16. The molecule has 3 aromatic rings. The van der Waals surface area contributed by atoms with Crippen molar-refractivity contribution in [1.82, 2.24) is 4.57 Å². The zero-order valence-corrected chi connectivity index (χ0v) is 15.9. The van der Waals surface area contributed by atoms with E-state index in [4.69, 9.17) is 20.0 Å². The van der Waals surface area contributed by atoms with Crippen LogP contribution in [-0.2, 0) is 6.54 Å². The number of ether oxygens (including phenoxy) is 2. The van der Waals surface area contributed by atoms with E-state index in [1.54, 1.807) is 6.08 Å². The van der Waals surface area contributed by atoms with E-state index in [0.717, 1.165) is 28.0 Å². The van der Waals surface area contributed by atoms with Gasteiger partial charge in [-0.2, -0.15) is 10.5 Å². The molecule has 5 heteroatoms. The van der Waals surface area contributed by atoms with Crippen LogP contribution >= 0.6 is 0 Å². The molecule has 0 saturated heterocycles. The van der Waals surface area contributed by atoms with Gasteiger partial charge in [0.05, 0.1) is 12.6 Å². The Morgan fingerprint density at radius 2 is 1.71 bits per heavy atom. The largest absolute Gasteiger partial charge is 0.492 e. The number of rotatable bonds is 7. The maximum Gasteiger partial charge on any atom is 0.130 e. The average molecular weight is 371 g/mol. The number of hydrogen-bond acceptors (Lipinski definition) is 4. The number of benzene rings is 2. The lowest BCUT2D eigenvalue weighted by Gasteiger charge is -2.11. The number of aromatic nitrogens is 1. The van der Waals surface area contributed by atoms with Gasteiger partial charge >= 0.3 is 0 Å². The highest BCUT2D eigenvalue weighted by Crippen LogP contribution is 2.24. The Morgan fingerprint density at radius 1 is 1.04 bits per heavy atom. The topological polar surface area (TPSA) is 71.0 Å². The number of fused-ring (bicyclic) bond motifs is 1. The highest BCUT2D eigenvalue weighted by Gasteiger charge is 2.08. The SMILES string of the molecule is CC(C)Oc1ccc(OCCn2cc(C=C(C#N)C#N)c3ccccc32)cc1. The number of nitriles is 2. The predicted octanol–water partition coefficient (Wildman–Crippen LogP) is 4.94. The van der Waals surface area contributed by atoms with Crippen LogP contribution in [0, 0.1) is 22.7 Å². The summed E-state index contributed by atoms with van der Waals surface area (Å²) in [5.74, 6) is 1.60. The van der Waals surface area contributed by atoms with E-state index in [1.165, 1.54) is 0 Å². The lowest BCUT2D eigenvalue weighted by Crippen LogP contribution is -2.07. The molecule has 140 valence electrons. The minimum Gasteiger partial charge on any atom is -0.492 e. The van der Waals surface area contributed by atoms with Crippen molar-refractivity contribution >= 4 is 17.0 Å². The summed E-state index contributed by atoms with van der Waals surface area (Å²) in [5.41, 5.74) is 1.97. The molecule has 2 aromatic carbocycles. The maximum absolute atomic E-state index is 9.02. The molecule has 0 aliphatic rings. The van der Waals surface area contributed by atoms with Gasteiger partial charge in [0.25, 0.3) is 0 Å². The summed E-state index contributed by atoms with van der Waals surface area (Å²) in [6.45, 7) is 5.12. The van der Waals surface area contributed by atoms with Crippen molar-refractivity contribution in [2.24, 2.45) is 0 Å². The van der Waals surface area contributed by atoms with Gasteiger partial charge in [-0.3, -0.25) is 0 Å². The Kier molecular flexibility index (Phi) is 5.99. The smallest absolute Gasteiger partial charge is 0.130 e. The van der Waals surface area contributed by atoms with Gasteiger partial charge in [-0.05, 0) is 50.3 Å². The number of allylic oxidation sites excluding steroid dienone is 1. The molecule has 0 spiro atoms. The summed E-state index contributed by atoms with van der Waals surface area (Å²) in [5, 5.41) is 19.1. The molecule has 0 saturated carbocycles. The van der Waals surface area contributed by atoms with Gasteiger partial charge in [0.1, 0.15) is 35.8 Å². The normalized spacial score (nSPS) is 10.3. The Hall–Kier alpha value is -3.70. The molecule has 0 amide bonds. The summed E-state index contributed by atoms with van der Waals surface area (Å²) in [6.07, 6.45) is 3.70. The molecule has 0 aliphatic heterocycles. The lowest BCUT2D eigenvalue weighted by atomic mass is 10.1. The van der Waals surface area contributed by atoms with Gasteiger partial charge in [0.2, 0.25) is 0 Å². The molecule has 0 atom stereocenters. The van der Waals surface area contributed by atoms with Crippen molar-refractivity contribution in [3.63, 3.8) is 0 Å². The zero-order valence-electron chi connectivity index (χ0n) is 15.9. The predicted molar refractivity (Wildman–Crippen MR) is 109 cm³/mol. The van der Waals surface area contributed by atoms with E-state index in [1.807, 2.05) is 80.7 Å². The fraction of sp³-hybridized carbons (Fsp3) is 0.217. The van der Waals surface area contributed by atoms with Gasteiger partial charge in [-0.1, -0.05) is 18.2 Å². The van der Waals surface area contributed by atoms with Crippen LogP contribution in [0.25, 0.3) is 17.0 Å². The Balaban J connectivity index is 1.72. The quantitative estimate of drug-likeness (QED) is 0.552. The first-order valence-corrected chi connectivity index (χ1v) is 9.10. The zero-order chi connectivity index (χ0) is 19.9. The van der Waals surface area contributed by atoms with Gasteiger partial charge in [0, 0.05) is 22.7 Å². The first kappa shape index (κ1) is 19.1. The molecule has 5 nitrogen and oxygen atoms in total. The molecular weight excluding hydrogens is 350 g/mol. The summed E-state index contributed by atoms with van der Waals surface area (Å²) in [4.78, 5) is 0. The van der Waals surface area contributed by atoms with Crippen LogP contribution in [0.1, 0.15) is 19.4 Å². The van der Waals surface area contributed by atoms with Crippen molar-refractivity contribution in [2.75, 3.05) is 6.61 Å². The molecule has 0 unspecified atom stereocenters. The van der Waals surface area contributed by atoms with Gasteiger partial charge in [0.15, 0.2) is 0 Å². The Labute approximate surface area is 164 Å². The van der Waals surface area contributed by atoms with E-state index in [-0.39, 0.29) is 11.7 Å². The van der Waals surface area contributed by atoms with E-state index < -0.39 is 0 Å². The third kappa shape index (κ3) is 4.52. The Morgan fingerprint density at radius 3 is 2.39 bits per heavy atom. The van der Waals surface area contributed by atoms with Crippen LogP contribution in [-0.4, -0.2) is 17.3 Å². The first-order chi connectivity index (χ1) is 13.6. The van der Waals surface area contributed by atoms with Gasteiger partial charge in [-0.25, -0.2) is 0 Å². The highest BCUT2D eigenvalue weighted by atomic mass is 16.5. The van der Waals surface area contributed by atoms with Crippen LogP contribution in [0.2, 0.25) is 0 Å². The van der Waals surface area contributed by atoms with E-state index in [2.05, 4.69) is 4.57 Å². The monoisotopic (exact) mass is 371 g/mol. The first-order valence-electron chi connectivity index (χ1n) is 9.10. The highest BCUT2D eigenvalue weighted by molar-refractivity contribution is 5.90. The second-order valence-electron chi connectivity index (χ2n) is 6.56. The van der Waals surface area contributed by atoms with Gasteiger partial charge in [-0.15, -0.1) is 0 Å². The molecule has 28 heavy (non-hydrogen) atoms. The lowest BCUT2D eigenvalue weighted by molar-refractivity contribution is 0.241. The van der Waals surface area contributed by atoms with Crippen LogP contribution in [0.3, 0.4) is 0 Å². The number of hydrogen-bond donors (Lipinski definition) is 0. The molecule has 0 aliphatic carbocycles. The number of para-hydroxylation sites is 1. The third-order valence-corrected chi connectivity index (χ3v) is 4.16. The fourth-order valence-corrected chi connectivity index (χ4v) is 2.97. The fourth-order valence-electron chi connectivity index (χ4n) is 2.97. The van der Waals surface area contributed by atoms with E-state index in [9.17, 15) is 0 Å². The average Bonchev–Trinajstić information content (AvgIpc) is 3.05. The molecule has 3 rings (SSSR count). The number of nitrogens with zero attached hydrogens (tertiary/aromatic N) is 3. The molecule has 1 aromatic heterocycles. The van der Waals surface area contributed by atoms with Gasteiger partial charge < -0.3 is 14.0 Å². The summed E-state index contributed by atoms with van der Waals surface area (Å²) in [7, 11) is 0. The second kappa shape index (κ2) is 8.79. The van der Waals surface area contributed by atoms with E-state index in [0.29, 0.717) is 13.2 Å². The maximum atomic E-state index is 9.02. The van der Waals surface area contributed by atoms with Crippen LogP contribution in [0.5, 0.6) is 11.5 Å². The summed E-state index contributed by atoms with van der Waals surface area (Å²) >= 11 is 0.